The number of para-hydroxylation sites is 1. The number of benzene rings is 3. The fraction of sp³-hybridized carbons (Fsp3) is 0.0870. The van der Waals surface area contributed by atoms with E-state index in [1.807, 2.05) is 24.3 Å². The summed E-state index contributed by atoms with van der Waals surface area (Å²) in [6.45, 7) is -0.0573. The zero-order chi connectivity index (χ0) is 21.4. The number of fused-ring (bicyclic) bond motifs is 2. The van der Waals surface area contributed by atoms with Crippen molar-refractivity contribution in [2.24, 2.45) is 0 Å². The minimum Gasteiger partial charge on any atom is -0.338 e. The second-order valence-electron chi connectivity index (χ2n) is 7.11. The van der Waals surface area contributed by atoms with Gasteiger partial charge in [-0.15, -0.1) is 11.8 Å². The summed E-state index contributed by atoms with van der Waals surface area (Å²) >= 11 is 1.48. The van der Waals surface area contributed by atoms with Crippen LogP contribution in [0.5, 0.6) is 0 Å². The van der Waals surface area contributed by atoms with E-state index >= 15 is 0 Å². The molecular weight excluding hydrogens is 415 g/mol. The average molecular weight is 432 g/mol. The van der Waals surface area contributed by atoms with E-state index in [9.17, 15) is 14.0 Å². The van der Waals surface area contributed by atoms with Crippen molar-refractivity contribution in [2.75, 3.05) is 22.5 Å². The molecule has 0 radical (unpaired) electrons. The second kappa shape index (κ2) is 7.88. The summed E-state index contributed by atoms with van der Waals surface area (Å²) in [6, 6.07) is 19.0. The largest absolute Gasteiger partial charge is 0.338 e. The highest BCUT2D eigenvalue weighted by Gasteiger charge is 2.26. The lowest BCUT2D eigenvalue weighted by Crippen LogP contribution is -2.41. The molecule has 154 valence electrons. The molecule has 0 unspecified atom stereocenters. The average Bonchev–Trinajstić information content (AvgIpc) is 3.19. The molecule has 1 aliphatic heterocycles. The van der Waals surface area contributed by atoms with Crippen LogP contribution in [0.1, 0.15) is 0 Å². The maximum atomic E-state index is 13.2. The van der Waals surface area contributed by atoms with Crippen LogP contribution in [-0.4, -0.2) is 34.1 Å². The summed E-state index contributed by atoms with van der Waals surface area (Å²) in [7, 11) is 0. The predicted molar refractivity (Wildman–Crippen MR) is 120 cm³/mol. The van der Waals surface area contributed by atoms with E-state index < -0.39 is 0 Å². The fourth-order valence-corrected chi connectivity index (χ4v) is 4.44. The van der Waals surface area contributed by atoms with Crippen molar-refractivity contribution in [3.63, 3.8) is 0 Å². The highest BCUT2D eigenvalue weighted by atomic mass is 32.2. The van der Waals surface area contributed by atoms with Gasteiger partial charge in [0.2, 0.25) is 11.8 Å². The molecule has 6 nitrogen and oxygen atoms in total. The molecule has 1 aromatic heterocycles. The van der Waals surface area contributed by atoms with Gasteiger partial charge in [0.1, 0.15) is 18.2 Å². The van der Waals surface area contributed by atoms with Crippen molar-refractivity contribution < 1.29 is 14.0 Å². The molecule has 0 fully saturated rings. The number of H-pyrrole nitrogens is 1. The molecule has 0 atom stereocenters. The number of carbonyl (C=O) groups is 2. The van der Waals surface area contributed by atoms with Gasteiger partial charge in [0.15, 0.2) is 0 Å². The Morgan fingerprint density at radius 3 is 2.77 bits per heavy atom. The number of aromatic amines is 1. The number of nitrogens with one attached hydrogen (secondary N) is 2. The number of nitrogens with zero attached hydrogens (tertiary/aromatic N) is 2. The lowest BCUT2D eigenvalue weighted by molar-refractivity contribution is -0.120. The number of thioether (sulfide) groups is 1. The Balaban J connectivity index is 1.34. The van der Waals surface area contributed by atoms with Crippen LogP contribution in [0.4, 0.5) is 15.8 Å². The Kier molecular flexibility index (Phi) is 4.91. The molecule has 2 N–H and O–H groups in total. The maximum Gasteiger partial charge on any atom is 0.244 e. The smallest absolute Gasteiger partial charge is 0.244 e. The SMILES string of the molecule is O=C(CN1C(=O)CSc2ccccc21)Nc1ccc2nc(-c3ccc(F)cc3)[nH]c2c1. The number of rotatable bonds is 4. The first-order valence-electron chi connectivity index (χ1n) is 9.64. The predicted octanol–water partition coefficient (Wildman–Crippen LogP) is 4.45. The summed E-state index contributed by atoms with van der Waals surface area (Å²) < 4.78 is 13.2. The van der Waals surface area contributed by atoms with Gasteiger partial charge in [-0.3, -0.25) is 9.59 Å². The van der Waals surface area contributed by atoms with Crippen molar-refractivity contribution in [1.82, 2.24) is 9.97 Å². The molecule has 0 spiro atoms. The Morgan fingerprint density at radius 2 is 1.94 bits per heavy atom. The van der Waals surface area contributed by atoms with Gasteiger partial charge < -0.3 is 15.2 Å². The third-order valence-corrected chi connectivity index (χ3v) is 6.04. The van der Waals surface area contributed by atoms with Crippen LogP contribution in [0.2, 0.25) is 0 Å². The van der Waals surface area contributed by atoms with Crippen LogP contribution in [0.3, 0.4) is 0 Å². The van der Waals surface area contributed by atoms with E-state index in [-0.39, 0.29) is 24.2 Å². The lowest BCUT2D eigenvalue weighted by Gasteiger charge is -2.28. The number of imidazole rings is 1. The van der Waals surface area contributed by atoms with Crippen LogP contribution in [-0.2, 0) is 9.59 Å². The van der Waals surface area contributed by atoms with Gasteiger partial charge in [0.25, 0.3) is 0 Å². The van der Waals surface area contributed by atoms with E-state index in [1.54, 1.807) is 30.3 Å². The normalized spacial score (nSPS) is 13.3. The van der Waals surface area contributed by atoms with E-state index in [4.69, 9.17) is 0 Å². The summed E-state index contributed by atoms with van der Waals surface area (Å²) in [4.78, 5) is 35.2. The van der Waals surface area contributed by atoms with Gasteiger partial charge in [0, 0.05) is 16.1 Å². The molecule has 3 aromatic carbocycles. The Bertz CT molecular complexity index is 1300. The molecule has 1 aliphatic rings. The molecule has 2 amide bonds. The van der Waals surface area contributed by atoms with Gasteiger partial charge in [-0.25, -0.2) is 9.37 Å². The van der Waals surface area contributed by atoms with Gasteiger partial charge in [-0.1, -0.05) is 12.1 Å². The van der Waals surface area contributed by atoms with E-state index in [1.165, 1.54) is 28.8 Å². The first-order valence-corrected chi connectivity index (χ1v) is 10.6. The summed E-state index contributed by atoms with van der Waals surface area (Å²) in [5.41, 5.74) is 3.59. The van der Waals surface area contributed by atoms with Gasteiger partial charge in [-0.05, 0) is 54.6 Å². The zero-order valence-electron chi connectivity index (χ0n) is 16.3. The molecule has 0 aliphatic carbocycles. The summed E-state index contributed by atoms with van der Waals surface area (Å²) in [6.07, 6.45) is 0. The highest BCUT2D eigenvalue weighted by molar-refractivity contribution is 8.00. The standard InChI is InChI=1S/C23H17FN4O2S/c24-15-7-5-14(6-8-15)23-26-17-10-9-16(11-18(17)27-23)25-21(29)12-28-19-3-1-2-4-20(19)31-13-22(28)30/h1-11H,12-13H2,(H,25,29)(H,26,27). The second-order valence-corrected chi connectivity index (χ2v) is 8.13. The molecule has 2 heterocycles. The van der Waals surface area contributed by atoms with Crippen LogP contribution in [0.25, 0.3) is 22.4 Å². The van der Waals surface area contributed by atoms with Crippen molar-refractivity contribution >= 4 is 46.0 Å². The molecule has 31 heavy (non-hydrogen) atoms. The van der Waals surface area contributed by atoms with Crippen LogP contribution >= 0.6 is 11.8 Å². The highest BCUT2D eigenvalue weighted by Crippen LogP contribution is 2.34. The third-order valence-electron chi connectivity index (χ3n) is 4.99. The van der Waals surface area contributed by atoms with Crippen molar-refractivity contribution in [3.05, 3.63) is 72.5 Å². The van der Waals surface area contributed by atoms with Crippen LogP contribution in [0, 0.1) is 5.82 Å². The number of anilines is 2. The number of amides is 2. The quantitative estimate of drug-likeness (QED) is 0.500. The molecule has 0 bridgehead atoms. The zero-order valence-corrected chi connectivity index (χ0v) is 17.1. The maximum absolute atomic E-state index is 13.2. The topological polar surface area (TPSA) is 78.1 Å². The third kappa shape index (κ3) is 3.89. The van der Waals surface area contributed by atoms with Crippen LogP contribution in [0.15, 0.2) is 71.6 Å². The Labute approximate surface area is 181 Å². The molecule has 4 aromatic rings. The Hall–Kier alpha value is -3.65. The molecule has 0 saturated heterocycles. The fourth-order valence-electron chi connectivity index (χ4n) is 3.50. The Morgan fingerprint density at radius 1 is 1.13 bits per heavy atom. The van der Waals surface area contributed by atoms with Crippen LogP contribution < -0.4 is 10.2 Å². The van der Waals surface area contributed by atoms with Gasteiger partial charge in [-0.2, -0.15) is 0 Å². The minimum absolute atomic E-state index is 0.0573. The van der Waals surface area contributed by atoms with Gasteiger partial charge in [0.05, 0.1) is 22.5 Å². The van der Waals surface area contributed by atoms with Crippen molar-refractivity contribution in [1.29, 1.82) is 0 Å². The first kappa shape index (κ1) is 19.3. The first-order chi connectivity index (χ1) is 15.1. The molecule has 0 saturated carbocycles. The van der Waals surface area contributed by atoms with Crippen molar-refractivity contribution in [2.45, 2.75) is 4.90 Å². The molecule has 8 heteroatoms. The summed E-state index contributed by atoms with van der Waals surface area (Å²) in [5, 5.41) is 2.85. The number of hydrogen-bond donors (Lipinski definition) is 2. The number of carbonyl (C=O) groups excluding carboxylic acids is 2. The van der Waals surface area contributed by atoms with E-state index in [2.05, 4.69) is 15.3 Å². The van der Waals surface area contributed by atoms with E-state index in [0.717, 1.165) is 27.2 Å². The number of hydrogen-bond acceptors (Lipinski definition) is 4. The minimum atomic E-state index is -0.307. The lowest BCUT2D eigenvalue weighted by atomic mass is 10.2. The van der Waals surface area contributed by atoms with E-state index in [0.29, 0.717) is 17.3 Å². The number of aromatic nitrogens is 2. The molecular formula is C23H17FN4O2S. The molecule has 5 rings (SSSR count). The number of halogens is 1. The van der Waals surface area contributed by atoms with Crippen molar-refractivity contribution in [3.8, 4) is 11.4 Å². The summed E-state index contributed by atoms with van der Waals surface area (Å²) in [5.74, 6) is 0.251. The van der Waals surface area contributed by atoms with Gasteiger partial charge >= 0.3 is 0 Å². The monoisotopic (exact) mass is 432 g/mol.